The van der Waals surface area contributed by atoms with Gasteiger partial charge in [0, 0.05) is 22.3 Å². The van der Waals surface area contributed by atoms with Gasteiger partial charge in [0.1, 0.15) is 13.2 Å². The van der Waals surface area contributed by atoms with E-state index in [1.807, 2.05) is 43.5 Å². The van der Waals surface area contributed by atoms with Crippen LogP contribution in [0.2, 0.25) is 0 Å². The summed E-state index contributed by atoms with van der Waals surface area (Å²) in [5, 5.41) is 9.32. The number of anilines is 1. The molecular weight excluding hydrogens is 392 g/mol. The topological polar surface area (TPSA) is 104 Å². The van der Waals surface area contributed by atoms with E-state index in [0.717, 1.165) is 28.4 Å². The van der Waals surface area contributed by atoms with Gasteiger partial charge in [0.2, 0.25) is 5.82 Å². The number of hydrogen-bond donors (Lipinski definition) is 1. The van der Waals surface area contributed by atoms with Crippen molar-refractivity contribution in [3.8, 4) is 22.8 Å². The van der Waals surface area contributed by atoms with E-state index in [2.05, 4.69) is 25.4 Å². The smallest absolute Gasteiger partial charge is 0.297 e. The van der Waals surface area contributed by atoms with Gasteiger partial charge in [-0.15, -0.1) is 16.4 Å². The van der Waals surface area contributed by atoms with E-state index >= 15 is 0 Å². The molecule has 0 atom stereocenters. The number of fused-ring (bicyclic) bond motifs is 2. The first-order chi connectivity index (χ1) is 14.1. The van der Waals surface area contributed by atoms with E-state index in [1.54, 1.807) is 4.52 Å². The zero-order valence-electron chi connectivity index (χ0n) is 15.7. The maximum Gasteiger partial charge on any atom is 0.297 e. The number of nitrogens with one attached hydrogen (secondary N) is 1. The summed E-state index contributed by atoms with van der Waals surface area (Å²) in [6.07, 6.45) is 0. The van der Waals surface area contributed by atoms with E-state index in [1.165, 1.54) is 11.3 Å². The van der Waals surface area contributed by atoms with Crippen LogP contribution in [0.25, 0.3) is 17.0 Å². The Morgan fingerprint density at radius 1 is 1.10 bits per heavy atom. The molecule has 1 aliphatic rings. The number of aromatic nitrogens is 5. The number of nitrogens with zero attached hydrogens (tertiary/aromatic N) is 5. The summed E-state index contributed by atoms with van der Waals surface area (Å²) in [6.45, 7) is 4.83. The summed E-state index contributed by atoms with van der Waals surface area (Å²) in [5.74, 6) is 1.42. The molecule has 146 valence electrons. The van der Waals surface area contributed by atoms with Gasteiger partial charge in [-0.1, -0.05) is 0 Å². The minimum Gasteiger partial charge on any atom is -0.486 e. The molecule has 1 aliphatic heterocycles. The molecule has 29 heavy (non-hydrogen) atoms. The largest absolute Gasteiger partial charge is 0.486 e. The van der Waals surface area contributed by atoms with Gasteiger partial charge >= 0.3 is 0 Å². The summed E-state index contributed by atoms with van der Waals surface area (Å²) in [6, 6.07) is 7.54. The number of hydrogen-bond acceptors (Lipinski definition) is 8. The second-order valence-corrected chi connectivity index (χ2v) is 7.39. The van der Waals surface area contributed by atoms with Crippen molar-refractivity contribution >= 4 is 28.2 Å². The van der Waals surface area contributed by atoms with Crippen molar-refractivity contribution in [2.75, 3.05) is 18.5 Å². The highest BCUT2D eigenvalue weighted by Crippen LogP contribution is 2.35. The average Bonchev–Trinajstić information content (AvgIpc) is 3.35. The third kappa shape index (κ3) is 3.27. The first-order valence-corrected chi connectivity index (χ1v) is 9.83. The van der Waals surface area contributed by atoms with Gasteiger partial charge in [-0.2, -0.15) is 4.98 Å². The number of rotatable bonds is 3. The highest BCUT2D eigenvalue weighted by molar-refractivity contribution is 7.14. The average molecular weight is 408 g/mol. The number of aryl methyl sites for hydroxylation is 2. The number of thiazole rings is 1. The minimum atomic E-state index is -0.435. The number of benzene rings is 1. The zero-order chi connectivity index (χ0) is 20.0. The molecule has 0 unspecified atom stereocenters. The van der Waals surface area contributed by atoms with Crippen LogP contribution in [0, 0.1) is 13.8 Å². The Bertz CT molecular complexity index is 1250. The molecule has 0 fully saturated rings. The Hall–Kier alpha value is -3.53. The van der Waals surface area contributed by atoms with E-state index in [9.17, 15) is 4.79 Å². The molecule has 0 spiro atoms. The van der Waals surface area contributed by atoms with Crippen LogP contribution in [-0.2, 0) is 0 Å². The SMILES string of the molecule is Cc1cc(C)n2nc(C(=O)Nc3nc(-c4ccc5c(c4)OCCO5)cs3)nc2n1. The molecule has 1 aromatic carbocycles. The Labute approximate surface area is 169 Å². The summed E-state index contributed by atoms with van der Waals surface area (Å²) >= 11 is 1.32. The molecule has 4 aromatic rings. The Kier molecular flexibility index (Phi) is 4.13. The lowest BCUT2D eigenvalue weighted by molar-refractivity contribution is 0.101. The van der Waals surface area contributed by atoms with Crippen molar-refractivity contribution in [3.63, 3.8) is 0 Å². The Balaban J connectivity index is 1.37. The normalized spacial score (nSPS) is 12.9. The highest BCUT2D eigenvalue weighted by atomic mass is 32.1. The third-order valence-electron chi connectivity index (χ3n) is 4.38. The number of carbonyl (C=O) groups excluding carboxylic acids is 1. The molecule has 0 aliphatic carbocycles. The molecular formula is C19H16N6O3S. The van der Waals surface area contributed by atoms with Crippen LogP contribution in [0.1, 0.15) is 22.0 Å². The van der Waals surface area contributed by atoms with E-state index in [-0.39, 0.29) is 5.82 Å². The van der Waals surface area contributed by atoms with Crippen LogP contribution in [0.5, 0.6) is 11.5 Å². The van der Waals surface area contributed by atoms with Crippen LogP contribution < -0.4 is 14.8 Å². The molecule has 10 heteroatoms. The quantitative estimate of drug-likeness (QED) is 0.556. The second-order valence-electron chi connectivity index (χ2n) is 6.54. The molecule has 0 saturated carbocycles. The Morgan fingerprint density at radius 2 is 1.93 bits per heavy atom. The first kappa shape index (κ1) is 17.6. The van der Waals surface area contributed by atoms with Gasteiger partial charge in [-0.3, -0.25) is 10.1 Å². The van der Waals surface area contributed by atoms with Crippen LogP contribution in [0.4, 0.5) is 5.13 Å². The van der Waals surface area contributed by atoms with Crippen LogP contribution in [0.3, 0.4) is 0 Å². The van der Waals surface area contributed by atoms with Gasteiger partial charge < -0.3 is 9.47 Å². The van der Waals surface area contributed by atoms with Crippen molar-refractivity contribution < 1.29 is 14.3 Å². The fourth-order valence-electron chi connectivity index (χ4n) is 3.08. The second kappa shape index (κ2) is 6.82. The van der Waals surface area contributed by atoms with Gasteiger partial charge in [-0.05, 0) is 38.1 Å². The fraction of sp³-hybridized carbons (Fsp3) is 0.211. The van der Waals surface area contributed by atoms with Crippen molar-refractivity contribution in [1.29, 1.82) is 0 Å². The molecule has 9 nitrogen and oxygen atoms in total. The third-order valence-corrected chi connectivity index (χ3v) is 5.14. The van der Waals surface area contributed by atoms with Gasteiger partial charge in [0.05, 0.1) is 5.69 Å². The van der Waals surface area contributed by atoms with Crippen LogP contribution >= 0.6 is 11.3 Å². The minimum absolute atomic E-state index is 0.0438. The summed E-state index contributed by atoms with van der Waals surface area (Å²) in [7, 11) is 0. The molecule has 4 heterocycles. The molecule has 0 bridgehead atoms. The van der Waals surface area contributed by atoms with Crippen molar-refractivity contribution in [2.24, 2.45) is 0 Å². The summed E-state index contributed by atoms with van der Waals surface area (Å²) in [5.41, 5.74) is 3.29. The molecule has 1 N–H and O–H groups in total. The predicted molar refractivity (Wildman–Crippen MR) is 107 cm³/mol. The predicted octanol–water partition coefficient (Wildman–Crippen LogP) is 2.89. The zero-order valence-corrected chi connectivity index (χ0v) is 16.5. The standard InChI is InChI=1S/C19H16N6O3S/c1-10-7-11(2)25-18(20-10)22-16(24-25)17(26)23-19-21-13(9-29-19)12-3-4-14-15(8-12)28-6-5-27-14/h3-4,7-9H,5-6H2,1-2H3,(H,21,23,26). The number of amides is 1. The maximum absolute atomic E-state index is 12.6. The van der Waals surface area contributed by atoms with Crippen molar-refractivity contribution in [2.45, 2.75) is 13.8 Å². The monoisotopic (exact) mass is 408 g/mol. The summed E-state index contributed by atoms with van der Waals surface area (Å²) < 4.78 is 12.7. The van der Waals surface area contributed by atoms with Crippen LogP contribution in [0.15, 0.2) is 29.6 Å². The summed E-state index contributed by atoms with van der Waals surface area (Å²) in [4.78, 5) is 25.6. The van der Waals surface area contributed by atoms with E-state index < -0.39 is 5.91 Å². The van der Waals surface area contributed by atoms with Crippen molar-refractivity contribution in [1.82, 2.24) is 24.6 Å². The van der Waals surface area contributed by atoms with E-state index in [0.29, 0.717) is 29.9 Å². The fourth-order valence-corrected chi connectivity index (χ4v) is 3.80. The lowest BCUT2D eigenvalue weighted by atomic mass is 10.1. The maximum atomic E-state index is 12.6. The number of carbonyl (C=O) groups is 1. The number of ether oxygens (including phenoxy) is 2. The molecule has 3 aromatic heterocycles. The molecule has 0 saturated heterocycles. The molecule has 5 rings (SSSR count). The highest BCUT2D eigenvalue weighted by Gasteiger charge is 2.18. The lowest BCUT2D eigenvalue weighted by Gasteiger charge is -2.18. The molecule has 1 amide bonds. The molecule has 0 radical (unpaired) electrons. The Morgan fingerprint density at radius 3 is 2.79 bits per heavy atom. The van der Waals surface area contributed by atoms with E-state index in [4.69, 9.17) is 9.47 Å². The van der Waals surface area contributed by atoms with Gasteiger partial charge in [0.25, 0.3) is 11.7 Å². The van der Waals surface area contributed by atoms with Gasteiger partial charge in [-0.25, -0.2) is 14.5 Å². The van der Waals surface area contributed by atoms with Crippen molar-refractivity contribution in [3.05, 3.63) is 46.9 Å². The van der Waals surface area contributed by atoms with Crippen LogP contribution in [-0.4, -0.2) is 43.7 Å². The van der Waals surface area contributed by atoms with Gasteiger partial charge in [0.15, 0.2) is 16.6 Å². The first-order valence-electron chi connectivity index (χ1n) is 8.95. The lowest BCUT2D eigenvalue weighted by Crippen LogP contribution is -2.15.